The molecule has 1 aromatic rings. The number of rotatable bonds is 5. The van der Waals surface area contributed by atoms with Gasteiger partial charge in [0.1, 0.15) is 0 Å². The third-order valence-corrected chi connectivity index (χ3v) is 5.16. The molecule has 3 heteroatoms. The number of anilines is 1. The van der Waals surface area contributed by atoms with Gasteiger partial charge < -0.3 is 0 Å². The smallest absolute Gasteiger partial charge is 0.238 e. The minimum absolute atomic E-state index is 0.261. The van der Waals surface area contributed by atoms with Gasteiger partial charge in [-0.3, -0.25) is 9.69 Å². The number of amides is 1. The molecule has 2 rings (SSSR count). The van der Waals surface area contributed by atoms with E-state index in [1.54, 1.807) is 11.8 Å². The van der Waals surface area contributed by atoms with Crippen LogP contribution in [0, 0.1) is 0 Å². The fourth-order valence-electron chi connectivity index (χ4n) is 2.79. The zero-order chi connectivity index (χ0) is 14.7. The van der Waals surface area contributed by atoms with Crippen molar-refractivity contribution in [3.8, 4) is 0 Å². The van der Waals surface area contributed by atoms with Crippen LogP contribution in [0.4, 0.5) is 5.69 Å². The van der Waals surface area contributed by atoms with E-state index in [0.29, 0.717) is 17.0 Å². The van der Waals surface area contributed by atoms with Crippen molar-refractivity contribution in [3.63, 3.8) is 0 Å². The van der Waals surface area contributed by atoms with Crippen LogP contribution in [-0.2, 0) is 11.2 Å². The summed E-state index contributed by atoms with van der Waals surface area (Å²) < 4.78 is 0. The van der Waals surface area contributed by atoms with Gasteiger partial charge >= 0.3 is 0 Å². The molecule has 0 N–H and O–H groups in total. The fourth-order valence-corrected chi connectivity index (χ4v) is 3.88. The van der Waals surface area contributed by atoms with E-state index in [4.69, 9.17) is 0 Å². The molecule has 2 nitrogen and oxygen atoms in total. The van der Waals surface area contributed by atoms with Crippen molar-refractivity contribution in [3.05, 3.63) is 29.3 Å². The number of thioether (sulfide) groups is 1. The molecule has 0 aliphatic carbocycles. The highest BCUT2D eigenvalue weighted by molar-refractivity contribution is 8.01. The van der Waals surface area contributed by atoms with Gasteiger partial charge in [0, 0.05) is 5.69 Å². The predicted octanol–water partition coefficient (Wildman–Crippen LogP) is 4.58. The van der Waals surface area contributed by atoms with E-state index in [2.05, 4.69) is 45.9 Å². The molecule has 1 aliphatic rings. The summed E-state index contributed by atoms with van der Waals surface area (Å²) in [6, 6.07) is 6.68. The Morgan fingerprint density at radius 1 is 1.35 bits per heavy atom. The van der Waals surface area contributed by atoms with Gasteiger partial charge in [-0.2, -0.15) is 0 Å². The first-order valence-corrected chi connectivity index (χ1v) is 8.69. The van der Waals surface area contributed by atoms with Gasteiger partial charge in [-0.25, -0.2) is 0 Å². The van der Waals surface area contributed by atoms with Crippen LogP contribution in [0.1, 0.15) is 57.6 Å². The van der Waals surface area contributed by atoms with Crippen molar-refractivity contribution in [2.24, 2.45) is 0 Å². The number of benzene rings is 1. The van der Waals surface area contributed by atoms with Crippen LogP contribution in [0.3, 0.4) is 0 Å². The molecule has 0 radical (unpaired) electrons. The molecule has 1 unspecified atom stereocenters. The summed E-state index contributed by atoms with van der Waals surface area (Å²) in [5.74, 6) is 1.32. The first-order chi connectivity index (χ1) is 9.58. The molecular formula is C17H25NOS. The average molecular weight is 291 g/mol. The highest BCUT2D eigenvalue weighted by Gasteiger charge is 2.33. The maximum atomic E-state index is 12.3. The van der Waals surface area contributed by atoms with Gasteiger partial charge in [-0.15, -0.1) is 11.8 Å². The Kier molecular flexibility index (Phi) is 5.14. The lowest BCUT2D eigenvalue weighted by molar-refractivity contribution is -0.115. The summed E-state index contributed by atoms with van der Waals surface area (Å²) in [7, 11) is 0. The van der Waals surface area contributed by atoms with Crippen LogP contribution < -0.4 is 4.90 Å². The van der Waals surface area contributed by atoms with Crippen LogP contribution in [0.15, 0.2) is 18.2 Å². The third kappa shape index (κ3) is 3.03. The molecule has 1 saturated heterocycles. The number of aryl methyl sites for hydroxylation is 1. The van der Waals surface area contributed by atoms with Crippen molar-refractivity contribution < 1.29 is 4.79 Å². The largest absolute Gasteiger partial charge is 0.299 e. The number of hydrogen-bond acceptors (Lipinski definition) is 2. The molecule has 0 aromatic heterocycles. The Labute approximate surface area is 126 Å². The van der Waals surface area contributed by atoms with Gasteiger partial charge in [0.15, 0.2) is 0 Å². The second-order valence-corrected chi connectivity index (χ2v) is 6.90. The zero-order valence-corrected chi connectivity index (χ0v) is 13.8. The molecule has 0 saturated carbocycles. The summed E-state index contributed by atoms with van der Waals surface area (Å²) in [4.78, 5) is 14.3. The molecular weight excluding hydrogens is 266 g/mol. The van der Waals surface area contributed by atoms with Crippen LogP contribution in [0.25, 0.3) is 0 Å². The number of carbonyl (C=O) groups is 1. The Balaban J connectivity index is 2.45. The molecule has 1 heterocycles. The highest BCUT2D eigenvalue weighted by Crippen LogP contribution is 2.37. The van der Waals surface area contributed by atoms with Crippen LogP contribution >= 0.6 is 11.8 Å². The summed E-state index contributed by atoms with van der Waals surface area (Å²) >= 11 is 1.77. The summed E-state index contributed by atoms with van der Waals surface area (Å²) in [5, 5.41) is 0.303. The SMILES string of the molecule is CCCc1ccc(C(C)C)c(N2C(=O)CSC2CC)c1. The van der Waals surface area contributed by atoms with E-state index in [0.717, 1.165) is 24.9 Å². The van der Waals surface area contributed by atoms with Gasteiger partial charge in [-0.05, 0) is 36.0 Å². The molecule has 1 atom stereocenters. The summed E-state index contributed by atoms with van der Waals surface area (Å²) in [5.41, 5.74) is 3.78. The highest BCUT2D eigenvalue weighted by atomic mass is 32.2. The summed E-state index contributed by atoms with van der Waals surface area (Å²) in [6.45, 7) is 8.76. The lowest BCUT2D eigenvalue weighted by atomic mass is 9.97. The standard InChI is InChI=1S/C17H25NOS/c1-5-7-13-8-9-14(12(3)4)15(10-13)18-16(19)11-20-17(18)6-2/h8-10,12,17H,5-7,11H2,1-4H3. The monoisotopic (exact) mass is 291 g/mol. The van der Waals surface area contributed by atoms with E-state index in [-0.39, 0.29) is 5.91 Å². The molecule has 1 aromatic carbocycles. The topological polar surface area (TPSA) is 20.3 Å². The van der Waals surface area contributed by atoms with E-state index in [1.165, 1.54) is 11.1 Å². The first-order valence-electron chi connectivity index (χ1n) is 7.64. The molecule has 20 heavy (non-hydrogen) atoms. The number of hydrogen-bond donors (Lipinski definition) is 0. The molecule has 0 bridgehead atoms. The second-order valence-electron chi connectivity index (χ2n) is 5.74. The quantitative estimate of drug-likeness (QED) is 0.791. The van der Waals surface area contributed by atoms with Crippen LogP contribution in [0.2, 0.25) is 0 Å². The number of carbonyl (C=O) groups excluding carboxylic acids is 1. The maximum absolute atomic E-state index is 12.3. The Hall–Kier alpha value is -0.960. The fraction of sp³-hybridized carbons (Fsp3) is 0.588. The van der Waals surface area contributed by atoms with E-state index >= 15 is 0 Å². The lowest BCUT2D eigenvalue weighted by Gasteiger charge is -2.27. The average Bonchev–Trinajstić information content (AvgIpc) is 2.79. The van der Waals surface area contributed by atoms with Gasteiger partial charge in [-0.1, -0.05) is 46.2 Å². The molecule has 1 aliphatic heterocycles. The van der Waals surface area contributed by atoms with Crippen molar-refractivity contribution >= 4 is 23.4 Å². The predicted molar refractivity (Wildman–Crippen MR) is 88.5 cm³/mol. The van der Waals surface area contributed by atoms with Crippen molar-refractivity contribution in [2.45, 2.75) is 58.2 Å². The van der Waals surface area contributed by atoms with Crippen molar-refractivity contribution in [2.75, 3.05) is 10.7 Å². The minimum Gasteiger partial charge on any atom is -0.299 e. The molecule has 0 spiro atoms. The lowest BCUT2D eigenvalue weighted by Crippen LogP contribution is -2.33. The van der Waals surface area contributed by atoms with Crippen LogP contribution in [0.5, 0.6) is 0 Å². The van der Waals surface area contributed by atoms with Crippen molar-refractivity contribution in [1.82, 2.24) is 0 Å². The maximum Gasteiger partial charge on any atom is 0.238 e. The minimum atomic E-state index is 0.261. The van der Waals surface area contributed by atoms with E-state index in [9.17, 15) is 4.79 Å². The molecule has 1 amide bonds. The van der Waals surface area contributed by atoms with Gasteiger partial charge in [0.05, 0.1) is 11.1 Å². The van der Waals surface area contributed by atoms with Gasteiger partial charge in [0.2, 0.25) is 5.91 Å². The summed E-state index contributed by atoms with van der Waals surface area (Å²) in [6.07, 6.45) is 3.23. The molecule has 110 valence electrons. The number of nitrogens with zero attached hydrogens (tertiary/aromatic N) is 1. The van der Waals surface area contributed by atoms with Gasteiger partial charge in [0.25, 0.3) is 0 Å². The Bertz CT molecular complexity index is 484. The van der Waals surface area contributed by atoms with E-state index < -0.39 is 0 Å². The Morgan fingerprint density at radius 3 is 2.70 bits per heavy atom. The van der Waals surface area contributed by atoms with Crippen LogP contribution in [-0.4, -0.2) is 17.0 Å². The van der Waals surface area contributed by atoms with Crippen molar-refractivity contribution in [1.29, 1.82) is 0 Å². The van der Waals surface area contributed by atoms with E-state index in [1.807, 2.05) is 4.90 Å². The third-order valence-electron chi connectivity index (χ3n) is 3.82. The zero-order valence-electron chi connectivity index (χ0n) is 13.0. The normalized spacial score (nSPS) is 19.1. The second kappa shape index (κ2) is 6.66. The Morgan fingerprint density at radius 2 is 2.10 bits per heavy atom. The molecule has 1 fully saturated rings. The first kappa shape index (κ1) is 15.4.